The fourth-order valence-corrected chi connectivity index (χ4v) is 8.77. The van der Waals surface area contributed by atoms with E-state index in [0.29, 0.717) is 0 Å². The summed E-state index contributed by atoms with van der Waals surface area (Å²) < 4.78 is 2.40. The first-order valence-corrected chi connectivity index (χ1v) is 18.5. The zero-order valence-corrected chi connectivity index (χ0v) is 30.3. The fraction of sp³-hybridized carbons (Fsp3) is 0.0800. The molecule has 8 aromatic carbocycles. The van der Waals surface area contributed by atoms with Crippen molar-refractivity contribution in [3.05, 3.63) is 209 Å². The lowest BCUT2D eigenvalue weighted by Crippen LogP contribution is -2.07. The molecule has 9 rings (SSSR count). The zero-order chi connectivity index (χ0) is 35.2. The Labute approximate surface area is 310 Å². The molecule has 9 aromatic rings. The number of rotatable bonds is 7. The third-order valence-electron chi connectivity index (χ3n) is 10.8. The molecule has 0 radical (unpaired) electrons. The number of fused-ring (bicyclic) bond motifs is 5. The van der Waals surface area contributed by atoms with Gasteiger partial charge in [0, 0.05) is 27.3 Å². The van der Waals surface area contributed by atoms with E-state index >= 15 is 0 Å². The summed E-state index contributed by atoms with van der Waals surface area (Å²) in [7, 11) is 0. The van der Waals surface area contributed by atoms with E-state index in [9.17, 15) is 0 Å². The molecule has 0 aliphatic rings. The van der Waals surface area contributed by atoms with Crippen molar-refractivity contribution in [3.8, 4) is 5.69 Å². The van der Waals surface area contributed by atoms with Crippen LogP contribution in [0.1, 0.15) is 47.1 Å². The Kier molecular flexibility index (Phi) is 8.26. The van der Waals surface area contributed by atoms with Gasteiger partial charge >= 0.3 is 0 Å². The number of thiol groups is 1. The van der Waals surface area contributed by atoms with Gasteiger partial charge in [-0.25, -0.2) is 0 Å². The van der Waals surface area contributed by atoms with E-state index in [0.717, 1.165) is 17.0 Å². The Morgan fingerprint density at radius 1 is 0.538 bits per heavy atom. The van der Waals surface area contributed by atoms with Crippen LogP contribution < -0.4 is 0 Å². The van der Waals surface area contributed by atoms with E-state index in [1.165, 1.54) is 82.3 Å². The molecule has 0 bridgehead atoms. The predicted molar refractivity (Wildman–Crippen MR) is 225 cm³/mol. The number of nitrogens with zero attached hydrogens (tertiary/aromatic N) is 1. The summed E-state index contributed by atoms with van der Waals surface area (Å²) >= 11 is 5.17. The van der Waals surface area contributed by atoms with Crippen LogP contribution in [0.3, 0.4) is 0 Å². The van der Waals surface area contributed by atoms with Gasteiger partial charge in [-0.05, 0) is 106 Å². The van der Waals surface area contributed by atoms with Crippen molar-refractivity contribution in [2.24, 2.45) is 0 Å². The molecule has 1 unspecified atom stereocenters. The molecular weight excluding hydrogens is 647 g/mol. The van der Waals surface area contributed by atoms with Crippen molar-refractivity contribution in [1.82, 2.24) is 4.57 Å². The molecule has 0 amide bonds. The normalized spacial score (nSPS) is 12.8. The predicted octanol–water partition coefficient (Wildman–Crippen LogP) is 13.7. The van der Waals surface area contributed by atoms with Gasteiger partial charge in [0.2, 0.25) is 0 Å². The maximum atomic E-state index is 5.17. The van der Waals surface area contributed by atoms with Crippen molar-refractivity contribution >= 4 is 61.6 Å². The van der Waals surface area contributed by atoms with Gasteiger partial charge < -0.3 is 4.57 Å². The number of allylic oxidation sites excluding steroid dienone is 1. The Hall–Kier alpha value is -5.83. The molecule has 0 N–H and O–H groups in total. The summed E-state index contributed by atoms with van der Waals surface area (Å²) in [4.78, 5) is 1.02. The van der Waals surface area contributed by atoms with Crippen molar-refractivity contribution < 1.29 is 0 Å². The quantitative estimate of drug-likeness (QED) is 0.159. The van der Waals surface area contributed by atoms with E-state index in [4.69, 9.17) is 12.6 Å². The maximum absolute atomic E-state index is 5.17. The second kappa shape index (κ2) is 13.4. The van der Waals surface area contributed by atoms with Crippen molar-refractivity contribution in [3.63, 3.8) is 0 Å². The smallest absolute Gasteiger partial charge is 0.0541 e. The number of aromatic nitrogens is 1. The topological polar surface area (TPSA) is 4.93 Å². The van der Waals surface area contributed by atoms with Crippen LogP contribution in [-0.4, -0.2) is 4.57 Å². The summed E-state index contributed by atoms with van der Waals surface area (Å²) in [5, 5.41) is 7.57. The van der Waals surface area contributed by atoms with Crippen LogP contribution in [0, 0.1) is 6.92 Å². The van der Waals surface area contributed by atoms with E-state index in [1.54, 1.807) is 0 Å². The van der Waals surface area contributed by atoms with Crippen LogP contribution in [0.5, 0.6) is 0 Å². The van der Waals surface area contributed by atoms with Crippen molar-refractivity contribution in [2.75, 3.05) is 0 Å². The Morgan fingerprint density at radius 3 is 1.75 bits per heavy atom. The van der Waals surface area contributed by atoms with Crippen LogP contribution in [-0.2, 0) is 0 Å². The number of para-hydroxylation sites is 2. The highest BCUT2D eigenvalue weighted by Gasteiger charge is 2.24. The lowest BCUT2D eigenvalue weighted by atomic mass is 9.80. The van der Waals surface area contributed by atoms with Gasteiger partial charge in [0.1, 0.15) is 0 Å². The Morgan fingerprint density at radius 2 is 1.08 bits per heavy atom. The minimum absolute atomic E-state index is 0.0693. The van der Waals surface area contributed by atoms with E-state index in [-0.39, 0.29) is 5.92 Å². The molecule has 1 heterocycles. The molecule has 1 aromatic heterocycles. The van der Waals surface area contributed by atoms with E-state index in [2.05, 4.69) is 194 Å². The van der Waals surface area contributed by atoms with Gasteiger partial charge in [0.25, 0.3) is 0 Å². The van der Waals surface area contributed by atoms with Crippen LogP contribution in [0.25, 0.3) is 54.6 Å². The first-order chi connectivity index (χ1) is 25.6. The molecule has 0 fully saturated rings. The molecule has 1 atom stereocenters. The van der Waals surface area contributed by atoms with Crippen molar-refractivity contribution in [1.29, 1.82) is 0 Å². The molecule has 0 aliphatic carbocycles. The Balaban J connectivity index is 1.25. The van der Waals surface area contributed by atoms with Gasteiger partial charge in [0.05, 0.1) is 11.0 Å². The summed E-state index contributed by atoms with van der Waals surface area (Å²) in [6, 6.07) is 64.1. The van der Waals surface area contributed by atoms with Crippen LogP contribution in [0.15, 0.2) is 186 Å². The summed E-state index contributed by atoms with van der Waals surface area (Å²) in [6.07, 6.45) is 0.836. The minimum atomic E-state index is 0.0693. The minimum Gasteiger partial charge on any atom is -0.309 e. The second-order valence-corrected chi connectivity index (χ2v) is 14.4. The molecule has 52 heavy (non-hydrogen) atoms. The number of benzene rings is 8. The first-order valence-electron chi connectivity index (χ1n) is 18.1. The number of hydrogen-bond donors (Lipinski definition) is 1. The van der Waals surface area contributed by atoms with Gasteiger partial charge in [-0.2, -0.15) is 0 Å². The third-order valence-corrected chi connectivity index (χ3v) is 11.2. The van der Waals surface area contributed by atoms with Gasteiger partial charge in [-0.3, -0.25) is 0 Å². The molecular formula is C50H39NS. The molecule has 2 heteroatoms. The standard InChI is InChI=1S/C50H39NS/c1-33-24-25-35-14-6-8-18-40(35)49(33)48(38-16-4-3-5-17-38)34(2)32-44(50-41-19-9-7-15-36(41)28-31-47(50)52)37-26-29-39(30-27-37)51-45-22-12-10-20-42(45)43-21-11-13-23-46(43)51/h3-31,44,52H,32H2,1-2H3/b48-34+. The molecule has 1 nitrogen and oxygen atoms in total. The number of aryl methyl sites for hydroxylation is 1. The first kappa shape index (κ1) is 32.1. The lowest BCUT2D eigenvalue weighted by molar-refractivity contribution is 0.788. The van der Waals surface area contributed by atoms with Crippen LogP contribution >= 0.6 is 12.6 Å². The zero-order valence-electron chi connectivity index (χ0n) is 29.4. The third kappa shape index (κ3) is 5.52. The Bertz CT molecular complexity index is 2730. The highest BCUT2D eigenvalue weighted by atomic mass is 32.1. The monoisotopic (exact) mass is 685 g/mol. The van der Waals surface area contributed by atoms with E-state index in [1.807, 2.05) is 0 Å². The van der Waals surface area contributed by atoms with Gasteiger partial charge in [0.15, 0.2) is 0 Å². The highest BCUT2D eigenvalue weighted by Crippen LogP contribution is 2.43. The average molecular weight is 686 g/mol. The molecule has 0 spiro atoms. The molecule has 250 valence electrons. The van der Waals surface area contributed by atoms with Gasteiger partial charge in [-0.15, -0.1) is 12.6 Å². The summed E-state index contributed by atoms with van der Waals surface area (Å²) in [5.74, 6) is 0.0693. The fourth-order valence-electron chi connectivity index (χ4n) is 8.42. The lowest BCUT2D eigenvalue weighted by Gasteiger charge is -2.25. The highest BCUT2D eigenvalue weighted by molar-refractivity contribution is 7.80. The van der Waals surface area contributed by atoms with Crippen LogP contribution in [0.4, 0.5) is 0 Å². The SMILES string of the molecule is C/C(CC(c1ccc(-n2c3ccccc3c3ccccc32)cc1)c1c(S)ccc2ccccc12)=C(/c1ccccc1)c1c(C)ccc2ccccc12. The van der Waals surface area contributed by atoms with E-state index < -0.39 is 0 Å². The summed E-state index contributed by atoms with van der Waals surface area (Å²) in [5.41, 5.74) is 12.6. The molecule has 0 aliphatic heterocycles. The van der Waals surface area contributed by atoms with Crippen molar-refractivity contribution in [2.45, 2.75) is 31.1 Å². The second-order valence-electron chi connectivity index (χ2n) is 13.9. The van der Waals surface area contributed by atoms with Gasteiger partial charge in [-0.1, -0.05) is 151 Å². The maximum Gasteiger partial charge on any atom is 0.0541 e. The van der Waals surface area contributed by atoms with Crippen LogP contribution in [0.2, 0.25) is 0 Å². The molecule has 0 saturated heterocycles. The number of hydrogen-bond acceptors (Lipinski definition) is 1. The molecule has 0 saturated carbocycles. The summed E-state index contributed by atoms with van der Waals surface area (Å²) in [6.45, 7) is 4.59. The largest absolute Gasteiger partial charge is 0.309 e. The average Bonchev–Trinajstić information content (AvgIpc) is 3.53.